The van der Waals surface area contributed by atoms with E-state index in [1.54, 1.807) is 0 Å². The van der Waals surface area contributed by atoms with Crippen molar-refractivity contribution in [3.63, 3.8) is 0 Å². The summed E-state index contributed by atoms with van der Waals surface area (Å²) in [5.41, 5.74) is -2.90. The number of ether oxygens (including phenoxy) is 1. The molecule has 1 heterocycles. The smallest absolute Gasteiger partial charge is 0.427 e. The Labute approximate surface area is 72.6 Å². The quantitative estimate of drug-likeness (QED) is 0.594. The lowest BCUT2D eigenvalue weighted by molar-refractivity contribution is -0.299. The summed E-state index contributed by atoms with van der Waals surface area (Å²) in [7, 11) is -2.05. The van der Waals surface area contributed by atoms with Gasteiger partial charge >= 0.3 is 13.2 Å². The van der Waals surface area contributed by atoms with E-state index in [1.165, 1.54) is 0 Å². The first-order chi connectivity index (χ1) is 5.86. The van der Waals surface area contributed by atoms with Crippen molar-refractivity contribution in [3.8, 4) is 0 Å². The second kappa shape index (κ2) is 2.21. The Morgan fingerprint density at radius 3 is 2.31 bits per heavy atom. The van der Waals surface area contributed by atoms with Gasteiger partial charge in [0.1, 0.15) is 0 Å². The van der Waals surface area contributed by atoms with Crippen molar-refractivity contribution in [1.29, 1.82) is 0 Å². The molecule has 1 saturated heterocycles. The van der Waals surface area contributed by atoms with Crippen LogP contribution in [0.15, 0.2) is 0 Å². The Bertz CT molecular complexity index is 247. The van der Waals surface area contributed by atoms with Crippen LogP contribution in [-0.2, 0) is 4.74 Å². The molecule has 3 nitrogen and oxygen atoms in total. The van der Waals surface area contributed by atoms with Crippen LogP contribution >= 0.6 is 0 Å². The maximum absolute atomic E-state index is 13.4. The Morgan fingerprint density at radius 2 is 1.85 bits per heavy atom. The van der Waals surface area contributed by atoms with E-state index in [0.717, 1.165) is 0 Å². The Hall–Kier alpha value is -0.265. The van der Waals surface area contributed by atoms with Crippen molar-refractivity contribution >= 4 is 7.12 Å². The zero-order valence-corrected chi connectivity index (χ0v) is 6.64. The number of alkyl halides is 3. The Kier molecular flexibility index (Phi) is 1.58. The van der Waals surface area contributed by atoms with Gasteiger partial charge in [0, 0.05) is 0 Å². The zero-order valence-electron chi connectivity index (χ0n) is 6.64. The maximum atomic E-state index is 13.4. The van der Waals surface area contributed by atoms with Gasteiger partial charge in [-0.1, -0.05) is 0 Å². The van der Waals surface area contributed by atoms with Gasteiger partial charge < -0.3 is 14.8 Å². The number of hydrogen-bond acceptors (Lipinski definition) is 3. The molecule has 2 unspecified atom stereocenters. The monoisotopic (exact) mass is 196 g/mol. The fourth-order valence-electron chi connectivity index (χ4n) is 1.97. The highest BCUT2D eigenvalue weighted by atomic mass is 19.3. The second-order valence-corrected chi connectivity index (χ2v) is 3.62. The van der Waals surface area contributed by atoms with Crippen molar-refractivity contribution in [2.75, 3.05) is 6.61 Å². The van der Waals surface area contributed by atoms with E-state index < -0.39 is 30.6 Å². The molecule has 2 rings (SSSR count). The van der Waals surface area contributed by atoms with Gasteiger partial charge in [0.05, 0.1) is 11.9 Å². The van der Waals surface area contributed by atoms with Crippen molar-refractivity contribution in [2.24, 2.45) is 0 Å². The van der Waals surface area contributed by atoms with E-state index in [9.17, 15) is 13.2 Å². The standard InChI is InChI=1S/C6H8BF3O3/c8-5-3-4(5,7(11)12)1-2-13-6(5,9)10/h11-12H,1-3H2. The van der Waals surface area contributed by atoms with Crippen LogP contribution < -0.4 is 0 Å². The first-order valence-electron chi connectivity index (χ1n) is 3.93. The van der Waals surface area contributed by atoms with Crippen molar-refractivity contribution < 1.29 is 28.0 Å². The highest BCUT2D eigenvalue weighted by molar-refractivity contribution is 6.48. The molecule has 1 aliphatic heterocycles. The molecule has 0 spiro atoms. The number of rotatable bonds is 1. The van der Waals surface area contributed by atoms with Crippen LogP contribution in [0.3, 0.4) is 0 Å². The molecule has 13 heavy (non-hydrogen) atoms. The number of halogens is 3. The molecule has 2 N–H and O–H groups in total. The Morgan fingerprint density at radius 1 is 1.23 bits per heavy atom. The van der Waals surface area contributed by atoms with Crippen LogP contribution in [0.5, 0.6) is 0 Å². The van der Waals surface area contributed by atoms with E-state index in [-0.39, 0.29) is 13.0 Å². The van der Waals surface area contributed by atoms with Crippen LogP contribution in [0.2, 0.25) is 5.31 Å². The van der Waals surface area contributed by atoms with Gasteiger partial charge in [0.25, 0.3) is 0 Å². The van der Waals surface area contributed by atoms with Gasteiger partial charge in [-0.3, -0.25) is 0 Å². The molecule has 1 aliphatic carbocycles. The summed E-state index contributed by atoms with van der Waals surface area (Å²) in [6.45, 7) is -0.351. The van der Waals surface area contributed by atoms with E-state index in [2.05, 4.69) is 4.74 Å². The van der Waals surface area contributed by atoms with Crippen molar-refractivity contribution in [3.05, 3.63) is 0 Å². The van der Waals surface area contributed by atoms with E-state index >= 15 is 0 Å². The van der Waals surface area contributed by atoms with Crippen LogP contribution in [0.1, 0.15) is 12.8 Å². The van der Waals surface area contributed by atoms with E-state index in [1.807, 2.05) is 0 Å². The molecule has 0 aromatic carbocycles. The molecule has 7 heteroatoms. The molecular formula is C6H8BF3O3. The number of fused-ring (bicyclic) bond motifs is 1. The molecule has 2 aliphatic rings. The molecule has 0 aromatic rings. The normalized spacial score (nSPS) is 46.8. The average Bonchev–Trinajstić information content (AvgIpc) is 2.59. The predicted molar refractivity (Wildman–Crippen MR) is 36.9 cm³/mol. The summed E-state index contributed by atoms with van der Waals surface area (Å²) in [6, 6.07) is 0. The molecule has 0 radical (unpaired) electrons. The minimum atomic E-state index is -3.89. The fourth-order valence-corrected chi connectivity index (χ4v) is 1.97. The predicted octanol–water partition coefficient (Wildman–Crippen LogP) is 0.325. The second-order valence-electron chi connectivity index (χ2n) is 3.62. The third-order valence-corrected chi connectivity index (χ3v) is 3.01. The first kappa shape index (κ1) is 9.30. The summed E-state index contributed by atoms with van der Waals surface area (Å²) in [5, 5.41) is 15.9. The Balaban J connectivity index is 2.30. The van der Waals surface area contributed by atoms with Gasteiger partial charge in [-0.2, -0.15) is 8.78 Å². The van der Waals surface area contributed by atoms with E-state index in [4.69, 9.17) is 10.0 Å². The lowest BCUT2D eigenvalue weighted by Gasteiger charge is -2.31. The van der Waals surface area contributed by atoms with Gasteiger partial charge in [0.15, 0.2) is 0 Å². The first-order valence-corrected chi connectivity index (χ1v) is 3.93. The molecule has 0 aromatic heterocycles. The van der Waals surface area contributed by atoms with Crippen LogP contribution in [0.25, 0.3) is 0 Å². The summed E-state index contributed by atoms with van der Waals surface area (Å²) in [6.07, 6.45) is -4.53. The van der Waals surface area contributed by atoms with Gasteiger partial charge in [-0.25, -0.2) is 4.39 Å². The third kappa shape index (κ3) is 0.871. The highest BCUT2D eigenvalue weighted by Crippen LogP contribution is 2.76. The zero-order chi connectivity index (χ0) is 9.91. The van der Waals surface area contributed by atoms with Crippen molar-refractivity contribution in [1.82, 2.24) is 0 Å². The minimum absolute atomic E-state index is 0.0866. The summed E-state index contributed by atoms with van der Waals surface area (Å²) in [5.74, 6) is 0. The summed E-state index contributed by atoms with van der Waals surface area (Å²) < 4.78 is 43.0. The molecule has 2 atom stereocenters. The lowest BCUT2D eigenvalue weighted by atomic mass is 9.64. The van der Waals surface area contributed by atoms with Crippen molar-refractivity contribution in [2.45, 2.75) is 29.9 Å². The molecule has 2 fully saturated rings. The summed E-state index contributed by atoms with van der Waals surface area (Å²) in [4.78, 5) is 0. The SMILES string of the molecule is OB(O)C12CCOC(F)(F)C1(F)C2. The van der Waals surface area contributed by atoms with Crippen LogP contribution in [0.4, 0.5) is 13.2 Å². The van der Waals surface area contributed by atoms with Crippen LogP contribution in [-0.4, -0.2) is 35.6 Å². The molecule has 0 amide bonds. The minimum Gasteiger partial charge on any atom is -0.427 e. The molecular weight excluding hydrogens is 188 g/mol. The average molecular weight is 196 g/mol. The highest BCUT2D eigenvalue weighted by Gasteiger charge is 2.86. The summed E-state index contributed by atoms with van der Waals surface area (Å²) >= 11 is 0. The van der Waals surface area contributed by atoms with Gasteiger partial charge in [-0.15, -0.1) is 0 Å². The molecule has 74 valence electrons. The fraction of sp³-hybridized carbons (Fsp3) is 1.00. The lowest BCUT2D eigenvalue weighted by Crippen LogP contribution is -2.46. The third-order valence-electron chi connectivity index (χ3n) is 3.01. The van der Waals surface area contributed by atoms with Gasteiger partial charge in [0.2, 0.25) is 5.67 Å². The molecule has 0 bridgehead atoms. The molecule has 1 saturated carbocycles. The topological polar surface area (TPSA) is 49.7 Å². The largest absolute Gasteiger partial charge is 0.461 e. The van der Waals surface area contributed by atoms with Gasteiger partial charge in [-0.05, 0) is 12.8 Å². The maximum Gasteiger partial charge on any atom is 0.461 e. The number of hydrogen-bond donors (Lipinski definition) is 2. The van der Waals surface area contributed by atoms with E-state index in [0.29, 0.717) is 0 Å². The van der Waals surface area contributed by atoms with Crippen LogP contribution in [0, 0.1) is 0 Å².